The van der Waals surface area contributed by atoms with E-state index in [-0.39, 0.29) is 0 Å². The zero-order valence-corrected chi connectivity index (χ0v) is 19.1. The summed E-state index contributed by atoms with van der Waals surface area (Å²) in [5.41, 5.74) is 8.40. The Balaban J connectivity index is 1.73. The van der Waals surface area contributed by atoms with E-state index in [2.05, 4.69) is 55.6 Å². The number of hydrogen-bond donors (Lipinski definition) is 0. The van der Waals surface area contributed by atoms with E-state index in [1.54, 1.807) is 25.1 Å². The van der Waals surface area contributed by atoms with Gasteiger partial charge in [-0.25, -0.2) is 14.5 Å². The Labute approximate surface area is 186 Å². The summed E-state index contributed by atoms with van der Waals surface area (Å²) in [6.07, 6.45) is 1.73. The van der Waals surface area contributed by atoms with Gasteiger partial charge < -0.3 is 9.47 Å². The Morgan fingerprint density at radius 3 is 2.31 bits per heavy atom. The molecule has 5 rings (SSSR count). The first-order valence-electron chi connectivity index (χ1n) is 10.5. The molecule has 0 spiro atoms. The van der Waals surface area contributed by atoms with Crippen molar-refractivity contribution >= 4 is 16.7 Å². The van der Waals surface area contributed by atoms with Crippen LogP contribution >= 0.6 is 0 Å². The predicted molar refractivity (Wildman–Crippen MR) is 125 cm³/mol. The fourth-order valence-electron chi connectivity index (χ4n) is 4.14. The maximum Gasteiger partial charge on any atom is 0.182 e. The third-order valence-corrected chi connectivity index (χ3v) is 6.22. The van der Waals surface area contributed by atoms with Crippen LogP contribution in [-0.2, 0) is 0 Å². The highest BCUT2D eigenvalue weighted by atomic mass is 16.5. The summed E-state index contributed by atoms with van der Waals surface area (Å²) in [4.78, 5) is 9.65. The quantitative estimate of drug-likeness (QED) is 0.404. The van der Waals surface area contributed by atoms with Crippen molar-refractivity contribution in [3.05, 3.63) is 65.1 Å². The van der Waals surface area contributed by atoms with Crippen LogP contribution in [0.2, 0.25) is 0 Å². The van der Waals surface area contributed by atoms with Crippen LogP contribution in [0.5, 0.6) is 11.5 Å². The molecule has 0 radical (unpaired) electrons. The first kappa shape index (κ1) is 20.1. The molecule has 5 aromatic rings. The number of hydrogen-bond acceptors (Lipinski definition) is 5. The number of nitrogens with zero attached hydrogens (tertiary/aromatic N) is 5. The van der Waals surface area contributed by atoms with Gasteiger partial charge in [-0.15, -0.1) is 5.10 Å². The maximum atomic E-state index is 5.44. The summed E-state index contributed by atoms with van der Waals surface area (Å²) < 4.78 is 14.7. The molecule has 0 unspecified atom stereocenters. The van der Waals surface area contributed by atoms with Crippen molar-refractivity contribution in [1.82, 2.24) is 24.1 Å². The molecule has 162 valence electrons. The van der Waals surface area contributed by atoms with Gasteiger partial charge in [0.2, 0.25) is 0 Å². The fourth-order valence-corrected chi connectivity index (χ4v) is 4.14. The molecule has 0 aliphatic carbocycles. The summed E-state index contributed by atoms with van der Waals surface area (Å²) in [5, 5.41) is 5.68. The molecule has 0 amide bonds. The molecule has 0 bridgehead atoms. The number of fused-ring (bicyclic) bond motifs is 3. The molecule has 0 aliphatic rings. The Hall–Kier alpha value is -3.87. The van der Waals surface area contributed by atoms with Gasteiger partial charge in [0.15, 0.2) is 28.6 Å². The smallest absolute Gasteiger partial charge is 0.182 e. The molecule has 0 aliphatic heterocycles. The Morgan fingerprint density at radius 1 is 0.812 bits per heavy atom. The van der Waals surface area contributed by atoms with Gasteiger partial charge in [0.05, 0.1) is 19.6 Å². The van der Waals surface area contributed by atoms with Gasteiger partial charge in [-0.1, -0.05) is 6.07 Å². The van der Waals surface area contributed by atoms with Gasteiger partial charge in [0.25, 0.3) is 0 Å². The molecule has 2 aromatic carbocycles. The molecule has 32 heavy (non-hydrogen) atoms. The summed E-state index contributed by atoms with van der Waals surface area (Å²) in [7, 11) is 3.24. The van der Waals surface area contributed by atoms with Gasteiger partial charge in [0.1, 0.15) is 6.33 Å². The van der Waals surface area contributed by atoms with Gasteiger partial charge in [-0.2, -0.15) is 0 Å². The number of rotatable bonds is 4. The van der Waals surface area contributed by atoms with Crippen molar-refractivity contribution in [1.29, 1.82) is 0 Å². The molecule has 3 aromatic heterocycles. The lowest BCUT2D eigenvalue weighted by atomic mass is 10.1. The van der Waals surface area contributed by atoms with Crippen LogP contribution in [-0.4, -0.2) is 38.4 Å². The van der Waals surface area contributed by atoms with Gasteiger partial charge in [-0.05, 0) is 74.7 Å². The minimum atomic E-state index is 0.608. The van der Waals surface area contributed by atoms with E-state index in [1.807, 2.05) is 18.2 Å². The highest BCUT2D eigenvalue weighted by Crippen LogP contribution is 2.33. The SMILES string of the molecule is COc1ccc(-c2nc3c4c(C)c(C)n(-c5ccc(C)c(C)c5)c4ncn3n2)cc1OC. The van der Waals surface area contributed by atoms with Crippen molar-refractivity contribution < 1.29 is 9.47 Å². The zero-order chi connectivity index (χ0) is 22.6. The third-order valence-electron chi connectivity index (χ3n) is 6.22. The summed E-state index contributed by atoms with van der Waals surface area (Å²) >= 11 is 0. The topological polar surface area (TPSA) is 66.5 Å². The Kier molecular flexibility index (Phi) is 4.62. The second-order valence-corrected chi connectivity index (χ2v) is 8.03. The number of aromatic nitrogens is 5. The van der Waals surface area contributed by atoms with Crippen molar-refractivity contribution in [2.75, 3.05) is 14.2 Å². The Morgan fingerprint density at radius 2 is 1.59 bits per heavy atom. The molecule has 7 heteroatoms. The Bertz CT molecular complexity index is 1500. The van der Waals surface area contributed by atoms with E-state index in [9.17, 15) is 0 Å². The zero-order valence-electron chi connectivity index (χ0n) is 19.1. The number of aryl methyl sites for hydroxylation is 3. The highest BCUT2D eigenvalue weighted by molar-refractivity contribution is 5.95. The minimum absolute atomic E-state index is 0.608. The first-order chi connectivity index (χ1) is 15.4. The van der Waals surface area contributed by atoms with Crippen molar-refractivity contribution in [2.45, 2.75) is 27.7 Å². The summed E-state index contributed by atoms with van der Waals surface area (Å²) in [6, 6.07) is 12.2. The van der Waals surface area contributed by atoms with Crippen LogP contribution in [0, 0.1) is 27.7 Å². The fraction of sp³-hybridized carbons (Fsp3) is 0.240. The van der Waals surface area contributed by atoms with E-state index < -0.39 is 0 Å². The van der Waals surface area contributed by atoms with Crippen LogP contribution < -0.4 is 9.47 Å². The standard InChI is InChI=1S/C25H25N5O2/c1-14-7-9-19(11-15(14)2)30-17(4)16(3)22-24(30)26-13-29-25(22)27-23(28-29)18-8-10-20(31-5)21(12-18)32-6/h7-13H,1-6H3. The molecule has 0 saturated heterocycles. The number of benzene rings is 2. The van der Waals surface area contributed by atoms with E-state index in [1.165, 1.54) is 11.1 Å². The lowest BCUT2D eigenvalue weighted by Gasteiger charge is -2.10. The molecule has 0 N–H and O–H groups in total. The van der Waals surface area contributed by atoms with Crippen LogP contribution in [0.25, 0.3) is 33.8 Å². The molecular formula is C25H25N5O2. The lowest BCUT2D eigenvalue weighted by molar-refractivity contribution is 0.355. The number of ether oxygens (including phenoxy) is 2. The maximum absolute atomic E-state index is 5.44. The predicted octanol–water partition coefficient (Wildman–Crippen LogP) is 4.99. The normalized spacial score (nSPS) is 11.4. The van der Waals surface area contributed by atoms with Crippen molar-refractivity contribution in [3.63, 3.8) is 0 Å². The average molecular weight is 428 g/mol. The van der Waals surface area contributed by atoms with Crippen LogP contribution in [0.15, 0.2) is 42.7 Å². The third kappa shape index (κ3) is 2.92. The summed E-state index contributed by atoms with van der Waals surface area (Å²) in [5.74, 6) is 1.91. The molecular weight excluding hydrogens is 402 g/mol. The minimum Gasteiger partial charge on any atom is -0.493 e. The number of methoxy groups -OCH3 is 2. The largest absolute Gasteiger partial charge is 0.493 e. The molecule has 0 saturated carbocycles. The van der Waals surface area contributed by atoms with Crippen LogP contribution in [0.3, 0.4) is 0 Å². The van der Waals surface area contributed by atoms with Gasteiger partial charge in [0, 0.05) is 16.9 Å². The first-order valence-corrected chi connectivity index (χ1v) is 10.5. The van der Waals surface area contributed by atoms with Crippen molar-refractivity contribution in [2.24, 2.45) is 0 Å². The van der Waals surface area contributed by atoms with Crippen molar-refractivity contribution in [3.8, 4) is 28.6 Å². The van der Waals surface area contributed by atoms with Crippen LogP contribution in [0.1, 0.15) is 22.4 Å². The van der Waals surface area contributed by atoms with Crippen LogP contribution in [0.4, 0.5) is 0 Å². The van der Waals surface area contributed by atoms with E-state index in [0.717, 1.165) is 39.2 Å². The summed E-state index contributed by atoms with van der Waals surface area (Å²) in [6.45, 7) is 8.49. The van der Waals surface area contributed by atoms with E-state index in [4.69, 9.17) is 19.4 Å². The molecule has 0 atom stereocenters. The highest BCUT2D eigenvalue weighted by Gasteiger charge is 2.20. The molecule has 3 heterocycles. The molecule has 7 nitrogen and oxygen atoms in total. The lowest BCUT2D eigenvalue weighted by Crippen LogP contribution is -2.00. The second kappa shape index (κ2) is 7.37. The van der Waals surface area contributed by atoms with Gasteiger partial charge >= 0.3 is 0 Å². The average Bonchev–Trinajstić information content (AvgIpc) is 3.34. The monoisotopic (exact) mass is 427 g/mol. The molecule has 0 fully saturated rings. The van der Waals surface area contributed by atoms with Gasteiger partial charge in [-0.3, -0.25) is 4.57 Å². The second-order valence-electron chi connectivity index (χ2n) is 8.03. The van der Waals surface area contributed by atoms with E-state index >= 15 is 0 Å². The van der Waals surface area contributed by atoms with E-state index in [0.29, 0.717) is 17.3 Å².